The maximum Gasteiger partial charge on any atom is 0.215 e. The SMILES string of the molecule is CCc1ncc(Cc2ccc3cccc(C(C)S(N)(=O)=O)c3n2)c2cc(OC)c(OC)cc12. The third kappa shape index (κ3) is 4.36. The fraction of sp³-hybridized carbons (Fsp3) is 0.280. The highest BCUT2D eigenvalue weighted by Gasteiger charge is 2.21. The van der Waals surface area contributed by atoms with Gasteiger partial charge in [-0.25, -0.2) is 13.6 Å². The van der Waals surface area contributed by atoms with Crippen LogP contribution in [0.1, 0.15) is 41.6 Å². The minimum Gasteiger partial charge on any atom is -0.493 e. The van der Waals surface area contributed by atoms with E-state index in [-0.39, 0.29) is 0 Å². The van der Waals surface area contributed by atoms with Crippen LogP contribution in [-0.2, 0) is 22.9 Å². The van der Waals surface area contributed by atoms with Crippen LogP contribution in [0, 0.1) is 0 Å². The monoisotopic (exact) mass is 465 g/mol. The number of pyridine rings is 2. The maximum atomic E-state index is 12.0. The molecule has 0 bridgehead atoms. The summed E-state index contributed by atoms with van der Waals surface area (Å²) >= 11 is 0. The predicted octanol–water partition coefficient (Wildman–Crippen LogP) is 4.30. The normalized spacial score (nSPS) is 12.8. The summed E-state index contributed by atoms with van der Waals surface area (Å²) in [6, 6.07) is 13.3. The van der Waals surface area contributed by atoms with E-state index in [2.05, 4.69) is 11.9 Å². The number of benzene rings is 2. The van der Waals surface area contributed by atoms with Gasteiger partial charge in [0, 0.05) is 34.8 Å². The van der Waals surface area contributed by atoms with Gasteiger partial charge in [0.2, 0.25) is 10.0 Å². The molecule has 0 aliphatic carbocycles. The van der Waals surface area contributed by atoms with Crippen molar-refractivity contribution in [1.29, 1.82) is 0 Å². The molecule has 1 unspecified atom stereocenters. The van der Waals surface area contributed by atoms with Crippen LogP contribution in [-0.4, -0.2) is 32.6 Å². The van der Waals surface area contributed by atoms with Gasteiger partial charge in [-0.3, -0.25) is 9.97 Å². The van der Waals surface area contributed by atoms with Crippen LogP contribution in [0.15, 0.2) is 48.7 Å². The molecule has 172 valence electrons. The minimum atomic E-state index is -3.75. The molecular weight excluding hydrogens is 438 g/mol. The summed E-state index contributed by atoms with van der Waals surface area (Å²) in [6.45, 7) is 3.65. The van der Waals surface area contributed by atoms with E-state index in [1.165, 1.54) is 0 Å². The Balaban J connectivity index is 1.85. The molecule has 8 heteroatoms. The van der Waals surface area contributed by atoms with E-state index in [4.69, 9.17) is 19.6 Å². The molecule has 0 saturated heterocycles. The second-order valence-electron chi connectivity index (χ2n) is 7.97. The highest BCUT2D eigenvalue weighted by molar-refractivity contribution is 7.89. The maximum absolute atomic E-state index is 12.0. The van der Waals surface area contributed by atoms with Gasteiger partial charge >= 0.3 is 0 Å². The number of rotatable bonds is 7. The van der Waals surface area contributed by atoms with Gasteiger partial charge in [0.15, 0.2) is 11.5 Å². The molecule has 2 aromatic heterocycles. The summed E-state index contributed by atoms with van der Waals surface area (Å²) in [7, 11) is -0.513. The molecule has 0 spiro atoms. The number of para-hydroxylation sites is 1. The number of aryl methyl sites for hydroxylation is 1. The number of hydrogen-bond acceptors (Lipinski definition) is 6. The van der Waals surface area contributed by atoms with Crippen LogP contribution in [0.4, 0.5) is 0 Å². The van der Waals surface area contributed by atoms with Gasteiger partial charge in [0.25, 0.3) is 0 Å². The van der Waals surface area contributed by atoms with Crippen molar-refractivity contribution in [3.8, 4) is 11.5 Å². The first-order valence-electron chi connectivity index (χ1n) is 10.7. The molecule has 2 N–H and O–H groups in total. The fourth-order valence-electron chi connectivity index (χ4n) is 4.11. The Bertz CT molecular complexity index is 1450. The molecule has 2 heterocycles. The first kappa shape index (κ1) is 22.9. The zero-order valence-corrected chi connectivity index (χ0v) is 19.9. The number of nitrogens with two attached hydrogens (primary N) is 1. The van der Waals surface area contributed by atoms with Gasteiger partial charge < -0.3 is 9.47 Å². The molecule has 0 fully saturated rings. The first-order chi connectivity index (χ1) is 15.8. The number of hydrogen-bond donors (Lipinski definition) is 1. The average Bonchev–Trinajstić information content (AvgIpc) is 2.81. The largest absolute Gasteiger partial charge is 0.493 e. The smallest absolute Gasteiger partial charge is 0.215 e. The molecule has 0 aliphatic rings. The lowest BCUT2D eigenvalue weighted by Gasteiger charge is -2.15. The van der Waals surface area contributed by atoms with E-state index < -0.39 is 15.3 Å². The molecular formula is C25H27N3O4S. The van der Waals surface area contributed by atoms with Gasteiger partial charge in [-0.05, 0) is 48.1 Å². The Kier molecular flexibility index (Phi) is 6.23. The van der Waals surface area contributed by atoms with E-state index in [0.29, 0.717) is 29.0 Å². The standard InChI is InChI=1S/C25H27N3O4S/c1-5-22-21-13-24(32-4)23(31-3)12-20(21)17(14-27-22)11-18-10-9-16-7-6-8-19(25(16)28-18)15(2)33(26,29)30/h6-10,12-15H,5,11H2,1-4H3,(H2,26,29,30). The molecule has 0 radical (unpaired) electrons. The highest BCUT2D eigenvalue weighted by atomic mass is 32.2. The Morgan fingerprint density at radius 2 is 1.73 bits per heavy atom. The molecule has 4 aromatic rings. The number of nitrogens with zero attached hydrogens (tertiary/aromatic N) is 2. The van der Waals surface area contributed by atoms with Gasteiger partial charge in [-0.2, -0.15) is 0 Å². The van der Waals surface area contributed by atoms with Gasteiger partial charge in [-0.15, -0.1) is 0 Å². The van der Waals surface area contributed by atoms with Crippen LogP contribution in [0.3, 0.4) is 0 Å². The quantitative estimate of drug-likeness (QED) is 0.436. The lowest BCUT2D eigenvalue weighted by Crippen LogP contribution is -2.19. The average molecular weight is 466 g/mol. The Labute approximate surface area is 193 Å². The molecule has 1 atom stereocenters. The number of aromatic nitrogens is 2. The van der Waals surface area contributed by atoms with E-state index in [1.807, 2.05) is 42.6 Å². The van der Waals surface area contributed by atoms with Crippen LogP contribution in [0.5, 0.6) is 11.5 Å². The van der Waals surface area contributed by atoms with Crippen molar-refractivity contribution in [1.82, 2.24) is 9.97 Å². The number of sulfonamides is 1. The van der Waals surface area contributed by atoms with Crippen LogP contribution >= 0.6 is 0 Å². The molecule has 0 aliphatic heterocycles. The third-order valence-electron chi connectivity index (χ3n) is 6.00. The molecule has 4 rings (SSSR count). The van der Waals surface area contributed by atoms with Gasteiger partial charge in [-0.1, -0.05) is 31.2 Å². The number of ether oxygens (including phenoxy) is 2. The Morgan fingerprint density at radius 1 is 1.03 bits per heavy atom. The highest BCUT2D eigenvalue weighted by Crippen LogP contribution is 2.35. The summed E-state index contributed by atoms with van der Waals surface area (Å²) < 4.78 is 35.0. The van der Waals surface area contributed by atoms with Gasteiger partial charge in [0.1, 0.15) is 0 Å². The molecule has 0 saturated carbocycles. The number of fused-ring (bicyclic) bond motifs is 2. The third-order valence-corrected chi connectivity index (χ3v) is 7.24. The Hall–Kier alpha value is -3.23. The Morgan fingerprint density at radius 3 is 2.36 bits per heavy atom. The number of methoxy groups -OCH3 is 2. The molecule has 7 nitrogen and oxygen atoms in total. The van der Waals surface area contributed by atoms with Gasteiger partial charge in [0.05, 0.1) is 25.0 Å². The topological polar surface area (TPSA) is 104 Å². The van der Waals surface area contributed by atoms with Crippen molar-refractivity contribution in [2.75, 3.05) is 14.2 Å². The second-order valence-corrected chi connectivity index (χ2v) is 9.85. The van der Waals surface area contributed by atoms with Crippen LogP contribution in [0.2, 0.25) is 0 Å². The van der Waals surface area contributed by atoms with Crippen molar-refractivity contribution in [3.63, 3.8) is 0 Å². The van der Waals surface area contributed by atoms with E-state index in [1.54, 1.807) is 27.2 Å². The second kappa shape index (κ2) is 8.96. The summed E-state index contributed by atoms with van der Waals surface area (Å²) in [4.78, 5) is 9.50. The molecule has 33 heavy (non-hydrogen) atoms. The number of primary sulfonamides is 1. The minimum absolute atomic E-state index is 0.525. The van der Waals surface area contributed by atoms with Crippen LogP contribution < -0.4 is 14.6 Å². The van der Waals surface area contributed by atoms with Crippen LogP contribution in [0.25, 0.3) is 21.7 Å². The molecule has 2 aromatic carbocycles. The summed E-state index contributed by atoms with van der Waals surface area (Å²) in [5, 5.41) is 7.46. The first-order valence-corrected chi connectivity index (χ1v) is 12.3. The lowest BCUT2D eigenvalue weighted by molar-refractivity contribution is 0.356. The van der Waals surface area contributed by atoms with Crippen molar-refractivity contribution >= 4 is 31.7 Å². The molecule has 0 amide bonds. The van der Waals surface area contributed by atoms with E-state index >= 15 is 0 Å². The fourth-order valence-corrected chi connectivity index (χ4v) is 4.65. The summed E-state index contributed by atoms with van der Waals surface area (Å²) in [5.41, 5.74) is 4.00. The van der Waals surface area contributed by atoms with E-state index in [0.717, 1.165) is 39.5 Å². The van der Waals surface area contributed by atoms with E-state index in [9.17, 15) is 8.42 Å². The zero-order valence-electron chi connectivity index (χ0n) is 19.1. The van der Waals surface area contributed by atoms with Crippen molar-refractivity contribution in [3.05, 3.63) is 71.2 Å². The zero-order chi connectivity index (χ0) is 23.8. The van der Waals surface area contributed by atoms with Crippen molar-refractivity contribution in [2.45, 2.75) is 31.9 Å². The summed E-state index contributed by atoms with van der Waals surface area (Å²) in [5.74, 6) is 1.30. The van der Waals surface area contributed by atoms with Crippen molar-refractivity contribution in [2.24, 2.45) is 5.14 Å². The predicted molar refractivity (Wildman–Crippen MR) is 130 cm³/mol. The van der Waals surface area contributed by atoms with Crippen molar-refractivity contribution < 1.29 is 17.9 Å². The summed E-state index contributed by atoms with van der Waals surface area (Å²) in [6.07, 6.45) is 3.18. The lowest BCUT2D eigenvalue weighted by atomic mass is 9.99.